The first kappa shape index (κ1) is 29.2. The Morgan fingerprint density at radius 2 is 0.500 bits per heavy atom. The quantitative estimate of drug-likeness (QED) is 0.253. The molecule has 0 heterocycles. The first-order chi connectivity index (χ1) is 5.20. The molecule has 0 fully saturated rings. The average molecular weight is 574 g/mol. The van der Waals surface area contributed by atoms with Crippen LogP contribution in [0.15, 0.2) is 0 Å². The van der Waals surface area contributed by atoms with Gasteiger partial charge in [-0.05, 0) is 18.5 Å². The molecule has 0 aliphatic heterocycles. The molecule has 0 spiro atoms. The maximum atomic E-state index is 8.33. The third-order valence-corrected chi connectivity index (χ3v) is 0. The van der Waals surface area contributed by atoms with E-state index in [0.29, 0.717) is 0 Å². The van der Waals surface area contributed by atoms with Gasteiger partial charge in [-0.1, -0.05) is 0 Å². The second-order valence-electron chi connectivity index (χ2n) is 0.750. The van der Waals surface area contributed by atoms with E-state index in [2.05, 4.69) is 0 Å². The molecule has 0 saturated heterocycles. The third-order valence-electron chi connectivity index (χ3n) is 0. The number of hydrogen-bond acceptors (Lipinski definition) is 9. The molecule has 0 bridgehead atoms. The zero-order chi connectivity index (χ0) is 10.7. The van der Waals surface area contributed by atoms with Crippen LogP contribution in [-0.2, 0) is 44.8 Å². The molecule has 0 unspecified atom stereocenters. The van der Waals surface area contributed by atoms with E-state index in [4.69, 9.17) is 45.0 Å². The average Bonchev–Trinajstić information content (AvgIpc) is 1.54. The number of carbonyl (C=O) groups excluding carboxylic acids is 3. The van der Waals surface area contributed by atoms with Crippen LogP contribution < -0.4 is 30.6 Å². The van der Waals surface area contributed by atoms with Crippen molar-refractivity contribution in [2.45, 2.75) is 0 Å². The fraction of sp³-hybridized carbons (Fsp3) is 0. The minimum absolute atomic E-state index is 0. The summed E-state index contributed by atoms with van der Waals surface area (Å²) in [6, 6.07) is 0. The Hall–Kier alpha value is -0.709. The predicted molar refractivity (Wildman–Crippen MR) is 16.2 cm³/mol. The van der Waals surface area contributed by atoms with Gasteiger partial charge in [-0.2, -0.15) is 0 Å². The van der Waals surface area contributed by atoms with E-state index in [-0.39, 0.29) is 44.8 Å². The molecule has 0 radical (unpaired) electrons. The molecule has 9 nitrogen and oxygen atoms in total. The van der Waals surface area contributed by atoms with E-state index in [0.717, 1.165) is 0 Å². The fourth-order valence-corrected chi connectivity index (χ4v) is 0. The Bertz CT molecular complexity index is 116. The largest absolute Gasteiger partial charge is 3.00 e. The van der Waals surface area contributed by atoms with Crippen LogP contribution in [0.5, 0.6) is 0 Å². The third kappa shape index (κ3) is 2380. The summed E-state index contributed by atoms with van der Waals surface area (Å²) in [5, 5.41) is 50.0. The second-order valence-corrected chi connectivity index (χ2v) is 0.750. The molecule has 0 aliphatic rings. The molecule has 0 aliphatic carbocycles. The molecule has 11 heteroatoms. The van der Waals surface area contributed by atoms with E-state index in [1.54, 1.807) is 0 Å². The van der Waals surface area contributed by atoms with Gasteiger partial charge in [0.2, 0.25) is 0 Å². The number of carboxylic acid groups (broad SMARTS) is 6. The summed E-state index contributed by atoms with van der Waals surface area (Å²) in [5.74, 6) is 0. The number of hydrogen-bond donors (Lipinski definition) is 0. The van der Waals surface area contributed by atoms with E-state index in [1.165, 1.54) is 0 Å². The topological polar surface area (TPSA) is 190 Å². The summed E-state index contributed by atoms with van der Waals surface area (Å²) in [4.78, 5) is 25.0. The number of carbonyl (C=O) groups is 3. The SMILES string of the molecule is O=C([O-])[O-].O=C([O-])[O-].O=C([O-])[O-].[Au+3].[Au+3]. The monoisotopic (exact) mass is 574 g/mol. The van der Waals surface area contributed by atoms with Crippen molar-refractivity contribution in [3.8, 4) is 0 Å². The van der Waals surface area contributed by atoms with Gasteiger partial charge in [-0.25, -0.2) is 0 Å². The maximum absolute atomic E-state index is 8.33. The summed E-state index contributed by atoms with van der Waals surface area (Å²) in [6.45, 7) is 0. The predicted octanol–water partition coefficient (Wildman–Crippen LogP) is -7.35. The Balaban J connectivity index is -0.0000000270. The Labute approximate surface area is 108 Å². The molecule has 0 atom stereocenters. The summed E-state index contributed by atoms with van der Waals surface area (Å²) < 4.78 is 0. The second kappa shape index (κ2) is 22.8. The first-order valence-electron chi connectivity index (χ1n) is 1.84. The van der Waals surface area contributed by atoms with Crippen molar-refractivity contribution in [3.63, 3.8) is 0 Å². The standard InChI is InChI=1S/3CH2O3.2Au/c3*2-1(3)4;;/h3*(H2,2,3,4);;/q;;;2*+3/p-6. The van der Waals surface area contributed by atoms with Gasteiger partial charge in [0.15, 0.2) is 0 Å². The zero-order valence-electron chi connectivity index (χ0n) is 5.78. The van der Waals surface area contributed by atoms with E-state index < -0.39 is 18.5 Å². The normalized spacial score (nSPS) is 5.14. The fourth-order valence-electron chi connectivity index (χ4n) is 0. The van der Waals surface area contributed by atoms with Crippen LogP contribution in [0.1, 0.15) is 0 Å². The molecule has 0 aromatic rings. The molecular formula is C3Au2O9. The molecule has 0 N–H and O–H groups in total. The van der Waals surface area contributed by atoms with Crippen LogP contribution in [-0.4, -0.2) is 18.5 Å². The van der Waals surface area contributed by atoms with Crippen molar-refractivity contribution in [2.75, 3.05) is 0 Å². The molecule has 0 rings (SSSR count). The van der Waals surface area contributed by atoms with Crippen molar-refractivity contribution in [1.29, 1.82) is 0 Å². The van der Waals surface area contributed by atoms with Gasteiger partial charge in [0.05, 0.1) is 0 Å². The van der Waals surface area contributed by atoms with E-state index >= 15 is 0 Å². The van der Waals surface area contributed by atoms with Gasteiger partial charge in [0.25, 0.3) is 0 Å². The van der Waals surface area contributed by atoms with Gasteiger partial charge < -0.3 is 45.0 Å². The summed E-state index contributed by atoms with van der Waals surface area (Å²) in [7, 11) is 0. The summed E-state index contributed by atoms with van der Waals surface area (Å²) >= 11 is 0. The van der Waals surface area contributed by atoms with Gasteiger partial charge >= 0.3 is 44.8 Å². The van der Waals surface area contributed by atoms with Crippen molar-refractivity contribution in [2.24, 2.45) is 0 Å². The minimum atomic E-state index is -2.33. The molecule has 0 aromatic heterocycles. The maximum Gasteiger partial charge on any atom is 3.00 e. The van der Waals surface area contributed by atoms with Crippen molar-refractivity contribution in [3.05, 3.63) is 0 Å². The smallest absolute Gasteiger partial charge is 0.652 e. The molecule has 0 amide bonds. The Kier molecular flexibility index (Phi) is 47.6. The van der Waals surface area contributed by atoms with E-state index in [1.807, 2.05) is 0 Å². The van der Waals surface area contributed by atoms with Gasteiger partial charge in [-0.15, -0.1) is 0 Å². The molecule has 0 aromatic carbocycles. The van der Waals surface area contributed by atoms with Crippen molar-refractivity contribution in [1.82, 2.24) is 0 Å². The first-order valence-corrected chi connectivity index (χ1v) is 1.84. The van der Waals surface area contributed by atoms with Crippen molar-refractivity contribution < 1.29 is 89.8 Å². The van der Waals surface area contributed by atoms with Gasteiger partial charge in [-0.3, -0.25) is 0 Å². The van der Waals surface area contributed by atoms with Gasteiger partial charge in [0.1, 0.15) is 0 Å². The van der Waals surface area contributed by atoms with Crippen LogP contribution in [0.4, 0.5) is 14.4 Å². The summed E-state index contributed by atoms with van der Waals surface area (Å²) in [5.41, 5.74) is 0. The van der Waals surface area contributed by atoms with Crippen LogP contribution in [0.3, 0.4) is 0 Å². The zero-order valence-corrected chi connectivity index (χ0v) is 10.1. The minimum Gasteiger partial charge on any atom is -0.652 e. The van der Waals surface area contributed by atoms with Crippen molar-refractivity contribution >= 4 is 18.5 Å². The molecule has 88 valence electrons. The van der Waals surface area contributed by atoms with E-state index in [9.17, 15) is 0 Å². The Morgan fingerprint density at radius 3 is 0.500 bits per heavy atom. The summed E-state index contributed by atoms with van der Waals surface area (Å²) in [6.07, 6.45) is -7.00. The van der Waals surface area contributed by atoms with Crippen LogP contribution in [0.25, 0.3) is 0 Å². The molecular weight excluding hydrogens is 574 g/mol. The number of rotatable bonds is 0. The molecule has 0 saturated carbocycles. The van der Waals surface area contributed by atoms with Crippen LogP contribution in [0.2, 0.25) is 0 Å². The molecule has 14 heavy (non-hydrogen) atoms. The Morgan fingerprint density at radius 1 is 0.500 bits per heavy atom. The van der Waals surface area contributed by atoms with Crippen LogP contribution in [0, 0.1) is 0 Å². The van der Waals surface area contributed by atoms with Gasteiger partial charge in [0, 0.05) is 0 Å². The van der Waals surface area contributed by atoms with Crippen LogP contribution >= 0.6 is 0 Å².